The molecule has 0 atom stereocenters. The largest absolute Gasteiger partial charge is 0.460 e. The van der Waals surface area contributed by atoms with Crippen LogP contribution in [-0.2, 0) is 11.2 Å². The normalized spacial score (nSPS) is 20.1. The number of carbonyl (C=O) groups excluding carboxylic acids is 1. The molecule has 0 saturated heterocycles. The van der Waals surface area contributed by atoms with Crippen molar-refractivity contribution < 1.29 is 13.9 Å². The third kappa shape index (κ3) is 5.13. The zero-order valence-corrected chi connectivity index (χ0v) is 14.4. The van der Waals surface area contributed by atoms with Crippen LogP contribution in [0.25, 0.3) is 0 Å². The summed E-state index contributed by atoms with van der Waals surface area (Å²) in [4.78, 5) is 20.1. The molecule has 1 N–H and O–H groups in total. The van der Waals surface area contributed by atoms with Crippen LogP contribution in [0.3, 0.4) is 0 Å². The van der Waals surface area contributed by atoms with Crippen LogP contribution in [0.15, 0.2) is 36.7 Å². The number of nitrogens with one attached hydrogen (secondary N) is 1. The maximum atomic E-state index is 13.6. The van der Waals surface area contributed by atoms with Crippen LogP contribution in [0.5, 0.6) is 6.01 Å². The summed E-state index contributed by atoms with van der Waals surface area (Å²) in [7, 11) is 0. The number of rotatable bonds is 5. The molecule has 3 rings (SSSR count). The molecule has 0 aliphatic heterocycles. The summed E-state index contributed by atoms with van der Waals surface area (Å²) in [6, 6.07) is 6.74. The van der Waals surface area contributed by atoms with Gasteiger partial charge in [-0.1, -0.05) is 29.8 Å². The number of ether oxygens (including phenoxy) is 1. The predicted molar refractivity (Wildman–Crippen MR) is 92.0 cm³/mol. The summed E-state index contributed by atoms with van der Waals surface area (Å²) in [5.41, 5.74) is 0.414. The van der Waals surface area contributed by atoms with Crippen molar-refractivity contribution in [1.29, 1.82) is 0 Å². The fourth-order valence-electron chi connectivity index (χ4n) is 2.93. The van der Waals surface area contributed by atoms with Gasteiger partial charge in [-0.2, -0.15) is 0 Å². The van der Waals surface area contributed by atoms with Crippen LogP contribution in [0, 0.1) is 5.82 Å². The van der Waals surface area contributed by atoms with Gasteiger partial charge in [-0.25, -0.2) is 14.4 Å². The molecule has 1 aliphatic rings. The van der Waals surface area contributed by atoms with Crippen LogP contribution in [0.2, 0.25) is 5.02 Å². The van der Waals surface area contributed by atoms with Gasteiger partial charge in [0, 0.05) is 6.04 Å². The number of nitrogens with zero attached hydrogens (tertiary/aromatic N) is 2. The van der Waals surface area contributed by atoms with Gasteiger partial charge in [0.1, 0.15) is 11.9 Å². The fourth-order valence-corrected chi connectivity index (χ4v) is 3.03. The topological polar surface area (TPSA) is 64.1 Å². The molecule has 0 bridgehead atoms. The minimum Gasteiger partial charge on any atom is -0.460 e. The molecule has 0 unspecified atom stereocenters. The van der Waals surface area contributed by atoms with E-state index < -0.39 is 0 Å². The summed E-state index contributed by atoms with van der Waals surface area (Å²) < 4.78 is 19.3. The molecule has 7 heteroatoms. The Hall–Kier alpha value is -2.21. The molecular weight excluding hydrogens is 345 g/mol. The molecule has 2 aromatic rings. The lowest BCUT2D eigenvalue weighted by molar-refractivity contribution is -0.121. The second-order valence-electron chi connectivity index (χ2n) is 6.11. The second kappa shape index (κ2) is 8.25. The zero-order chi connectivity index (χ0) is 17.6. The molecule has 1 aromatic heterocycles. The van der Waals surface area contributed by atoms with E-state index in [0.29, 0.717) is 16.6 Å². The molecule has 0 spiro atoms. The van der Waals surface area contributed by atoms with Crippen molar-refractivity contribution in [1.82, 2.24) is 15.3 Å². The van der Waals surface area contributed by atoms with E-state index in [9.17, 15) is 9.18 Å². The molecule has 0 radical (unpaired) electrons. The predicted octanol–water partition coefficient (Wildman–Crippen LogP) is 3.32. The van der Waals surface area contributed by atoms with Crippen LogP contribution in [-0.4, -0.2) is 28.0 Å². The SMILES string of the molecule is O=C(Cc1ccccc1F)NC1CCC(Oc2ncc(Cl)cn2)CC1. The van der Waals surface area contributed by atoms with E-state index in [4.69, 9.17) is 16.3 Å². The van der Waals surface area contributed by atoms with E-state index in [1.165, 1.54) is 18.5 Å². The van der Waals surface area contributed by atoms with E-state index in [2.05, 4.69) is 15.3 Å². The Kier molecular flexibility index (Phi) is 5.81. The molecular formula is C18H19ClFN3O2. The zero-order valence-electron chi connectivity index (χ0n) is 13.6. The average Bonchev–Trinajstić information content (AvgIpc) is 2.61. The Bertz CT molecular complexity index is 719. The highest BCUT2D eigenvalue weighted by atomic mass is 35.5. The number of aromatic nitrogens is 2. The fraction of sp³-hybridized carbons (Fsp3) is 0.389. The van der Waals surface area contributed by atoms with E-state index in [1.54, 1.807) is 18.2 Å². The van der Waals surface area contributed by atoms with Crippen LogP contribution in [0.1, 0.15) is 31.2 Å². The lowest BCUT2D eigenvalue weighted by Crippen LogP contribution is -2.40. The van der Waals surface area contributed by atoms with Crippen LogP contribution >= 0.6 is 11.6 Å². The summed E-state index contributed by atoms with van der Waals surface area (Å²) >= 11 is 5.75. The maximum absolute atomic E-state index is 13.6. The molecule has 1 aromatic carbocycles. The molecule has 1 aliphatic carbocycles. The first kappa shape index (κ1) is 17.6. The standard InChI is InChI=1S/C18H19ClFN3O2/c19-13-10-21-18(22-11-13)25-15-7-5-14(6-8-15)23-17(24)9-12-3-1-2-4-16(12)20/h1-4,10-11,14-15H,5-9H2,(H,23,24). The summed E-state index contributed by atoms with van der Waals surface area (Å²) in [5, 5.41) is 3.44. The van der Waals surface area contributed by atoms with Crippen molar-refractivity contribution in [2.75, 3.05) is 0 Å². The van der Waals surface area contributed by atoms with Gasteiger partial charge in [-0.3, -0.25) is 4.79 Å². The molecule has 1 saturated carbocycles. The first-order valence-electron chi connectivity index (χ1n) is 8.27. The molecule has 1 amide bonds. The number of halogens is 2. The highest BCUT2D eigenvalue weighted by Gasteiger charge is 2.24. The molecule has 1 fully saturated rings. The van der Waals surface area contributed by atoms with Gasteiger partial charge in [0.2, 0.25) is 5.91 Å². The summed E-state index contributed by atoms with van der Waals surface area (Å²) in [6.07, 6.45) is 6.30. The van der Waals surface area contributed by atoms with Crippen LogP contribution in [0.4, 0.5) is 4.39 Å². The summed E-state index contributed by atoms with van der Waals surface area (Å²) in [5.74, 6) is -0.506. The third-order valence-corrected chi connectivity index (χ3v) is 4.41. The smallest absolute Gasteiger partial charge is 0.316 e. The number of amides is 1. The Morgan fingerprint density at radius 2 is 1.88 bits per heavy atom. The van der Waals surface area contributed by atoms with Crippen molar-refractivity contribution in [2.24, 2.45) is 0 Å². The second-order valence-corrected chi connectivity index (χ2v) is 6.55. The van der Waals surface area contributed by atoms with E-state index in [1.807, 2.05) is 0 Å². The minimum absolute atomic E-state index is 0.0286. The number of hydrogen-bond donors (Lipinski definition) is 1. The van der Waals surface area contributed by atoms with E-state index >= 15 is 0 Å². The molecule has 25 heavy (non-hydrogen) atoms. The third-order valence-electron chi connectivity index (χ3n) is 4.22. The first-order chi connectivity index (χ1) is 12.1. The van der Waals surface area contributed by atoms with E-state index in [-0.39, 0.29) is 30.3 Å². The Morgan fingerprint density at radius 3 is 2.56 bits per heavy atom. The Balaban J connectivity index is 1.43. The van der Waals surface area contributed by atoms with Crippen molar-refractivity contribution in [3.63, 3.8) is 0 Å². The van der Waals surface area contributed by atoms with Crippen molar-refractivity contribution in [3.8, 4) is 6.01 Å². The highest BCUT2D eigenvalue weighted by Crippen LogP contribution is 2.22. The van der Waals surface area contributed by atoms with E-state index in [0.717, 1.165) is 25.7 Å². The van der Waals surface area contributed by atoms with Gasteiger partial charge < -0.3 is 10.1 Å². The highest BCUT2D eigenvalue weighted by molar-refractivity contribution is 6.30. The van der Waals surface area contributed by atoms with Gasteiger partial charge >= 0.3 is 6.01 Å². The number of hydrogen-bond acceptors (Lipinski definition) is 4. The number of carbonyl (C=O) groups is 1. The quantitative estimate of drug-likeness (QED) is 0.885. The van der Waals surface area contributed by atoms with Gasteiger partial charge in [0.05, 0.1) is 23.8 Å². The molecule has 132 valence electrons. The van der Waals surface area contributed by atoms with Crippen LogP contribution < -0.4 is 10.1 Å². The Morgan fingerprint density at radius 1 is 1.20 bits per heavy atom. The minimum atomic E-state index is -0.349. The van der Waals surface area contributed by atoms with Gasteiger partial charge in [0.15, 0.2) is 0 Å². The average molecular weight is 364 g/mol. The van der Waals surface area contributed by atoms with Crippen molar-refractivity contribution >= 4 is 17.5 Å². The number of benzene rings is 1. The van der Waals surface area contributed by atoms with Gasteiger partial charge in [-0.15, -0.1) is 0 Å². The first-order valence-corrected chi connectivity index (χ1v) is 8.65. The maximum Gasteiger partial charge on any atom is 0.316 e. The van der Waals surface area contributed by atoms with Crippen molar-refractivity contribution in [3.05, 3.63) is 53.1 Å². The Labute approximate surface area is 150 Å². The van der Waals surface area contributed by atoms with Gasteiger partial charge in [0.25, 0.3) is 0 Å². The van der Waals surface area contributed by atoms with Gasteiger partial charge in [-0.05, 0) is 37.3 Å². The lowest BCUT2D eigenvalue weighted by atomic mass is 9.93. The molecule has 1 heterocycles. The monoisotopic (exact) mass is 363 g/mol. The molecule has 5 nitrogen and oxygen atoms in total. The van der Waals surface area contributed by atoms with Crippen molar-refractivity contribution in [2.45, 2.75) is 44.2 Å². The summed E-state index contributed by atoms with van der Waals surface area (Å²) in [6.45, 7) is 0. The lowest BCUT2D eigenvalue weighted by Gasteiger charge is -2.28.